The van der Waals surface area contributed by atoms with Crippen molar-refractivity contribution in [1.82, 2.24) is 14.0 Å². The first-order chi connectivity index (χ1) is 11.7. The van der Waals surface area contributed by atoms with Crippen molar-refractivity contribution < 1.29 is 9.53 Å². The molecular weight excluding hydrogens is 306 g/mol. The van der Waals surface area contributed by atoms with E-state index < -0.39 is 5.97 Å². The number of hydrogen-bond donors (Lipinski definition) is 0. The van der Waals surface area contributed by atoms with Crippen LogP contribution < -0.4 is 5.69 Å². The summed E-state index contributed by atoms with van der Waals surface area (Å²) in [5.74, 6) is -0.437. The average molecular weight is 321 g/mol. The molecule has 2 heterocycles. The van der Waals surface area contributed by atoms with Gasteiger partial charge in [0.05, 0.1) is 23.2 Å². The van der Waals surface area contributed by atoms with Crippen molar-refractivity contribution >= 4 is 33.6 Å². The van der Waals surface area contributed by atoms with Crippen LogP contribution in [0.5, 0.6) is 0 Å². The van der Waals surface area contributed by atoms with Gasteiger partial charge in [-0.3, -0.25) is 9.36 Å². The Balaban J connectivity index is 2.13. The molecule has 2 aromatic carbocycles. The molecule has 0 fully saturated rings. The maximum Gasteiger partial charge on any atom is 0.335 e. The Bertz CT molecular complexity index is 1140. The Morgan fingerprint density at radius 3 is 2.58 bits per heavy atom. The second kappa shape index (κ2) is 5.49. The topological polar surface area (TPSA) is 65.6 Å². The Kier molecular flexibility index (Phi) is 3.30. The van der Waals surface area contributed by atoms with Gasteiger partial charge < -0.3 is 4.74 Å². The minimum absolute atomic E-state index is 0.129. The van der Waals surface area contributed by atoms with Gasteiger partial charge in [-0.25, -0.2) is 14.2 Å². The summed E-state index contributed by atoms with van der Waals surface area (Å²) in [7, 11) is 0. The summed E-state index contributed by atoms with van der Waals surface area (Å²) in [6.45, 7) is 1.89. The molecule has 0 saturated carbocycles. The molecule has 0 atom stereocenters. The smallest absolute Gasteiger partial charge is 0.335 e. The maximum absolute atomic E-state index is 13.0. The predicted molar refractivity (Wildman–Crippen MR) is 91.1 cm³/mol. The largest absolute Gasteiger partial charge is 0.465 e. The van der Waals surface area contributed by atoms with Gasteiger partial charge in [0.15, 0.2) is 5.65 Å². The summed E-state index contributed by atoms with van der Waals surface area (Å²) in [6.07, 6.45) is 0. The molecule has 2 aromatic heterocycles. The van der Waals surface area contributed by atoms with Crippen molar-refractivity contribution in [3.8, 4) is 0 Å². The first kappa shape index (κ1) is 14.4. The van der Waals surface area contributed by atoms with Gasteiger partial charge in [0.2, 0.25) is 0 Å². The molecule has 24 heavy (non-hydrogen) atoms. The molecule has 4 aromatic rings. The molecule has 120 valence electrons. The van der Waals surface area contributed by atoms with Crippen molar-refractivity contribution in [1.29, 1.82) is 0 Å². The van der Waals surface area contributed by atoms with E-state index in [1.54, 1.807) is 11.3 Å². The monoisotopic (exact) mass is 321 g/mol. The van der Waals surface area contributed by atoms with Crippen LogP contribution in [0.25, 0.3) is 27.6 Å². The second-order valence-corrected chi connectivity index (χ2v) is 5.45. The third kappa shape index (κ3) is 2.07. The standard InChI is InChI=1S/C18H15N3O3/c1-2-24-16(22)11-20-14-9-5-3-7-12(14)17-19-13-8-4-6-10-15(13)21(17)18(20)23/h3-10H,2,11H2,1H3. The molecule has 0 amide bonds. The second-order valence-electron chi connectivity index (χ2n) is 5.45. The van der Waals surface area contributed by atoms with Crippen molar-refractivity contribution in [3.63, 3.8) is 0 Å². The summed E-state index contributed by atoms with van der Waals surface area (Å²) >= 11 is 0. The fourth-order valence-electron chi connectivity index (χ4n) is 3.01. The van der Waals surface area contributed by atoms with Crippen LogP contribution in [0.4, 0.5) is 0 Å². The van der Waals surface area contributed by atoms with Crippen molar-refractivity contribution in [2.75, 3.05) is 6.61 Å². The van der Waals surface area contributed by atoms with E-state index in [2.05, 4.69) is 4.98 Å². The van der Waals surface area contributed by atoms with Gasteiger partial charge in [-0.2, -0.15) is 0 Å². The van der Waals surface area contributed by atoms with Crippen LogP contribution >= 0.6 is 0 Å². The number of esters is 1. The number of imidazole rings is 1. The quantitative estimate of drug-likeness (QED) is 0.543. The number of nitrogens with zero attached hydrogens (tertiary/aromatic N) is 3. The predicted octanol–water partition coefficient (Wildman–Crippen LogP) is 2.37. The van der Waals surface area contributed by atoms with Gasteiger partial charge in [0.25, 0.3) is 0 Å². The zero-order chi connectivity index (χ0) is 16.7. The Morgan fingerprint density at radius 1 is 1.08 bits per heavy atom. The van der Waals surface area contributed by atoms with E-state index in [4.69, 9.17) is 4.74 Å². The number of hydrogen-bond acceptors (Lipinski definition) is 4. The Hall–Kier alpha value is -3.15. The fraction of sp³-hybridized carbons (Fsp3) is 0.167. The molecule has 0 aliphatic carbocycles. The minimum atomic E-state index is -0.437. The highest BCUT2D eigenvalue weighted by Crippen LogP contribution is 2.22. The highest BCUT2D eigenvalue weighted by molar-refractivity contribution is 5.96. The van der Waals surface area contributed by atoms with Gasteiger partial charge in [-0.05, 0) is 31.2 Å². The maximum atomic E-state index is 13.0. The molecule has 0 bridgehead atoms. The van der Waals surface area contributed by atoms with Gasteiger partial charge >= 0.3 is 11.7 Å². The molecule has 0 aliphatic rings. The molecular formula is C18H15N3O3. The van der Waals surface area contributed by atoms with Crippen molar-refractivity contribution in [3.05, 3.63) is 59.0 Å². The molecule has 4 rings (SSSR count). The molecule has 0 radical (unpaired) electrons. The number of rotatable bonds is 3. The number of aromatic nitrogens is 3. The first-order valence-corrected chi connectivity index (χ1v) is 7.75. The van der Waals surface area contributed by atoms with Gasteiger partial charge in [0.1, 0.15) is 6.54 Å². The Morgan fingerprint density at radius 2 is 1.79 bits per heavy atom. The van der Waals surface area contributed by atoms with E-state index in [9.17, 15) is 9.59 Å². The number of carbonyl (C=O) groups is 1. The minimum Gasteiger partial charge on any atom is -0.465 e. The van der Waals surface area contributed by atoms with Crippen LogP contribution in [0.1, 0.15) is 6.92 Å². The van der Waals surface area contributed by atoms with Gasteiger partial charge in [-0.1, -0.05) is 24.3 Å². The lowest BCUT2D eigenvalue weighted by atomic mass is 10.2. The lowest BCUT2D eigenvalue weighted by Gasteiger charge is -2.11. The van der Waals surface area contributed by atoms with Crippen molar-refractivity contribution in [2.45, 2.75) is 13.5 Å². The molecule has 0 unspecified atom stereocenters. The molecule has 6 nitrogen and oxygen atoms in total. The average Bonchev–Trinajstić information content (AvgIpc) is 2.99. The van der Waals surface area contributed by atoms with E-state index >= 15 is 0 Å². The highest BCUT2D eigenvalue weighted by atomic mass is 16.5. The molecule has 0 N–H and O–H groups in total. The van der Waals surface area contributed by atoms with E-state index in [1.807, 2.05) is 48.5 Å². The van der Waals surface area contributed by atoms with E-state index in [0.717, 1.165) is 16.4 Å². The third-order valence-corrected chi connectivity index (χ3v) is 4.01. The number of para-hydroxylation sites is 3. The number of fused-ring (bicyclic) bond motifs is 5. The van der Waals surface area contributed by atoms with E-state index in [1.165, 1.54) is 4.57 Å². The highest BCUT2D eigenvalue weighted by Gasteiger charge is 2.16. The third-order valence-electron chi connectivity index (χ3n) is 4.01. The van der Waals surface area contributed by atoms with Crippen molar-refractivity contribution in [2.24, 2.45) is 0 Å². The van der Waals surface area contributed by atoms with Crippen LogP contribution in [0.3, 0.4) is 0 Å². The van der Waals surface area contributed by atoms with E-state index in [-0.39, 0.29) is 18.8 Å². The van der Waals surface area contributed by atoms with Crippen LogP contribution in [0.2, 0.25) is 0 Å². The molecule has 0 spiro atoms. The summed E-state index contributed by atoms with van der Waals surface area (Å²) in [4.78, 5) is 29.6. The normalized spacial score (nSPS) is 11.4. The summed E-state index contributed by atoms with van der Waals surface area (Å²) < 4.78 is 8.00. The van der Waals surface area contributed by atoms with E-state index in [0.29, 0.717) is 11.2 Å². The van der Waals surface area contributed by atoms with Crippen LogP contribution in [-0.2, 0) is 16.1 Å². The number of ether oxygens (including phenoxy) is 1. The SMILES string of the molecule is CCOC(=O)Cn1c(=O)n2c3ccccc3nc2c2ccccc21. The lowest BCUT2D eigenvalue weighted by molar-refractivity contribution is -0.143. The Labute approximate surface area is 136 Å². The van der Waals surface area contributed by atoms with Gasteiger partial charge in [0, 0.05) is 5.39 Å². The number of benzene rings is 2. The first-order valence-electron chi connectivity index (χ1n) is 7.75. The zero-order valence-electron chi connectivity index (χ0n) is 13.1. The summed E-state index contributed by atoms with van der Waals surface area (Å²) in [6, 6.07) is 14.9. The lowest BCUT2D eigenvalue weighted by Crippen LogP contribution is -2.30. The fourth-order valence-corrected chi connectivity index (χ4v) is 3.01. The van der Waals surface area contributed by atoms with Gasteiger partial charge in [-0.15, -0.1) is 0 Å². The molecule has 6 heteroatoms. The molecule has 0 aliphatic heterocycles. The van der Waals surface area contributed by atoms with Crippen LogP contribution in [-0.4, -0.2) is 26.5 Å². The summed E-state index contributed by atoms with van der Waals surface area (Å²) in [5.41, 5.74) is 2.43. The van der Waals surface area contributed by atoms with Crippen LogP contribution in [0, 0.1) is 0 Å². The molecule has 0 saturated heterocycles. The zero-order valence-corrected chi connectivity index (χ0v) is 13.1. The van der Waals surface area contributed by atoms with Crippen LogP contribution in [0.15, 0.2) is 53.3 Å². The summed E-state index contributed by atoms with van der Waals surface area (Å²) in [5, 5.41) is 0.817. The number of carbonyl (C=O) groups excluding carboxylic acids is 1.